The van der Waals surface area contributed by atoms with Crippen LogP contribution in [0.15, 0.2) is 0 Å². The highest BCUT2D eigenvalue weighted by Gasteiger charge is 2.45. The lowest BCUT2D eigenvalue weighted by Crippen LogP contribution is -2.23. The van der Waals surface area contributed by atoms with E-state index in [1.807, 2.05) is 18.7 Å². The topological polar surface area (TPSA) is 55.9 Å². The van der Waals surface area contributed by atoms with E-state index in [9.17, 15) is 0 Å². The predicted molar refractivity (Wildman–Crippen MR) is 78.8 cm³/mol. The van der Waals surface area contributed by atoms with Crippen LogP contribution >= 0.6 is 12.2 Å². The van der Waals surface area contributed by atoms with Crippen molar-refractivity contribution in [1.82, 2.24) is 9.78 Å². The zero-order chi connectivity index (χ0) is 13.5. The second kappa shape index (κ2) is 4.53. The summed E-state index contributed by atoms with van der Waals surface area (Å²) in [5, 5.41) is 7.89. The average molecular weight is 266 g/mol. The zero-order valence-corrected chi connectivity index (χ0v) is 12.4. The molecule has 0 bridgehead atoms. The highest BCUT2D eigenvalue weighted by molar-refractivity contribution is 7.80. The molecule has 100 valence electrons. The van der Waals surface area contributed by atoms with E-state index in [0.717, 1.165) is 23.6 Å². The fraction of sp³-hybridized carbons (Fsp3) is 0.692. The molecule has 1 aromatic rings. The Kier molecular flexibility index (Phi) is 3.36. The van der Waals surface area contributed by atoms with Gasteiger partial charge in [-0.25, -0.2) is 0 Å². The van der Waals surface area contributed by atoms with Crippen LogP contribution in [0.3, 0.4) is 0 Å². The van der Waals surface area contributed by atoms with Gasteiger partial charge in [0.05, 0.1) is 11.3 Å². The summed E-state index contributed by atoms with van der Waals surface area (Å²) in [6.07, 6.45) is 2.60. The molecule has 1 aromatic heterocycles. The van der Waals surface area contributed by atoms with E-state index in [-0.39, 0.29) is 0 Å². The van der Waals surface area contributed by atoms with E-state index in [4.69, 9.17) is 18.0 Å². The van der Waals surface area contributed by atoms with Gasteiger partial charge in [0.1, 0.15) is 10.8 Å². The third-order valence-electron chi connectivity index (χ3n) is 4.19. The molecule has 0 radical (unpaired) electrons. The summed E-state index contributed by atoms with van der Waals surface area (Å²) < 4.78 is 1.83. The van der Waals surface area contributed by atoms with E-state index >= 15 is 0 Å². The van der Waals surface area contributed by atoms with Gasteiger partial charge in [0.15, 0.2) is 0 Å². The maximum absolute atomic E-state index is 5.78. The number of aryl methyl sites for hydroxylation is 2. The first-order chi connectivity index (χ1) is 8.37. The molecule has 0 amide bonds. The number of thiocarbonyl (C=S) groups is 1. The van der Waals surface area contributed by atoms with Crippen LogP contribution in [-0.2, 0) is 7.05 Å². The molecular weight excluding hydrogens is 244 g/mol. The number of rotatable bonds is 5. The van der Waals surface area contributed by atoms with E-state index in [1.165, 1.54) is 12.8 Å². The number of nitrogens with one attached hydrogen (secondary N) is 1. The van der Waals surface area contributed by atoms with Crippen molar-refractivity contribution in [3.8, 4) is 0 Å². The normalized spacial score (nSPS) is 16.9. The monoisotopic (exact) mass is 266 g/mol. The molecule has 1 heterocycles. The quantitative estimate of drug-likeness (QED) is 0.802. The van der Waals surface area contributed by atoms with Crippen LogP contribution in [0.25, 0.3) is 0 Å². The summed E-state index contributed by atoms with van der Waals surface area (Å²) in [5.41, 5.74) is 8.00. The number of hydrogen-bond acceptors (Lipinski definition) is 3. The SMILES string of the molecule is Cc1nn(C)c(NCC2(C(C)C)CC2)c1C(N)=S. The van der Waals surface area contributed by atoms with Gasteiger partial charge in [0.2, 0.25) is 0 Å². The molecule has 1 fully saturated rings. The van der Waals surface area contributed by atoms with Crippen LogP contribution in [-0.4, -0.2) is 21.3 Å². The standard InChI is InChI=1S/C13H22N4S/c1-8(2)13(5-6-13)7-15-12-10(11(14)18)9(3)16-17(12)4/h8,15H,5-7H2,1-4H3,(H2,14,18). The van der Waals surface area contributed by atoms with Gasteiger partial charge in [-0.15, -0.1) is 0 Å². The Labute approximate surface area is 114 Å². The molecule has 1 aliphatic carbocycles. The van der Waals surface area contributed by atoms with Gasteiger partial charge in [-0.1, -0.05) is 26.1 Å². The first kappa shape index (κ1) is 13.3. The molecular formula is C13H22N4S. The largest absolute Gasteiger partial charge is 0.389 e. The Morgan fingerprint density at radius 2 is 2.17 bits per heavy atom. The van der Waals surface area contributed by atoms with E-state index in [0.29, 0.717) is 16.3 Å². The molecule has 1 saturated carbocycles. The van der Waals surface area contributed by atoms with Crippen molar-refractivity contribution in [1.29, 1.82) is 0 Å². The van der Waals surface area contributed by atoms with Gasteiger partial charge in [0.25, 0.3) is 0 Å². The third kappa shape index (κ3) is 2.23. The molecule has 0 spiro atoms. The molecule has 2 rings (SSSR count). The minimum absolute atomic E-state index is 0.414. The van der Waals surface area contributed by atoms with Gasteiger partial charge in [-0.3, -0.25) is 4.68 Å². The van der Waals surface area contributed by atoms with E-state index < -0.39 is 0 Å². The summed E-state index contributed by atoms with van der Waals surface area (Å²) in [6, 6.07) is 0. The summed E-state index contributed by atoms with van der Waals surface area (Å²) >= 11 is 5.11. The molecule has 3 N–H and O–H groups in total. The maximum atomic E-state index is 5.78. The third-order valence-corrected chi connectivity index (χ3v) is 4.40. The van der Waals surface area contributed by atoms with Crippen LogP contribution < -0.4 is 11.1 Å². The van der Waals surface area contributed by atoms with Gasteiger partial charge in [-0.05, 0) is 31.1 Å². The lowest BCUT2D eigenvalue weighted by molar-refractivity contribution is 0.379. The van der Waals surface area contributed by atoms with Crippen molar-refractivity contribution in [2.45, 2.75) is 33.6 Å². The highest BCUT2D eigenvalue weighted by Crippen LogP contribution is 2.51. The van der Waals surface area contributed by atoms with Gasteiger partial charge < -0.3 is 11.1 Å². The molecule has 1 aliphatic rings. The number of anilines is 1. The van der Waals surface area contributed by atoms with Crippen molar-refractivity contribution in [3.63, 3.8) is 0 Å². The van der Waals surface area contributed by atoms with Crippen LogP contribution in [0.2, 0.25) is 0 Å². The molecule has 5 heteroatoms. The molecule has 0 unspecified atom stereocenters. The summed E-state index contributed by atoms with van der Waals surface area (Å²) in [5.74, 6) is 1.65. The molecule has 18 heavy (non-hydrogen) atoms. The fourth-order valence-electron chi connectivity index (χ4n) is 2.53. The minimum Gasteiger partial charge on any atom is -0.389 e. The van der Waals surface area contributed by atoms with Crippen molar-refractivity contribution < 1.29 is 0 Å². The zero-order valence-electron chi connectivity index (χ0n) is 11.6. The second-order valence-corrected chi connectivity index (χ2v) is 6.11. The Bertz CT molecular complexity index is 472. The van der Waals surface area contributed by atoms with Crippen molar-refractivity contribution in [2.75, 3.05) is 11.9 Å². The Morgan fingerprint density at radius 1 is 1.56 bits per heavy atom. The Hall–Kier alpha value is -1.10. The summed E-state index contributed by atoms with van der Waals surface area (Å²) in [4.78, 5) is 0.414. The number of nitrogens with zero attached hydrogens (tertiary/aromatic N) is 2. The minimum atomic E-state index is 0.414. The van der Waals surface area contributed by atoms with E-state index in [2.05, 4.69) is 24.3 Å². The highest BCUT2D eigenvalue weighted by atomic mass is 32.1. The number of aromatic nitrogens is 2. The van der Waals surface area contributed by atoms with Crippen LogP contribution in [0.1, 0.15) is 37.9 Å². The molecule has 0 saturated heterocycles. The van der Waals surface area contributed by atoms with Crippen LogP contribution in [0, 0.1) is 18.3 Å². The first-order valence-electron chi connectivity index (χ1n) is 6.44. The number of hydrogen-bond donors (Lipinski definition) is 2. The molecule has 4 nitrogen and oxygen atoms in total. The summed E-state index contributed by atoms with van der Waals surface area (Å²) in [6.45, 7) is 7.49. The van der Waals surface area contributed by atoms with E-state index in [1.54, 1.807) is 0 Å². The smallest absolute Gasteiger partial charge is 0.134 e. The molecule has 0 aromatic carbocycles. The number of nitrogens with two attached hydrogens (primary N) is 1. The van der Waals surface area contributed by atoms with Crippen molar-refractivity contribution in [2.24, 2.45) is 24.1 Å². The van der Waals surface area contributed by atoms with Crippen LogP contribution in [0.4, 0.5) is 5.82 Å². The van der Waals surface area contributed by atoms with Crippen molar-refractivity contribution in [3.05, 3.63) is 11.3 Å². The predicted octanol–water partition coefficient (Wildman–Crippen LogP) is 2.21. The fourth-order valence-corrected chi connectivity index (χ4v) is 2.78. The van der Waals surface area contributed by atoms with Crippen molar-refractivity contribution >= 4 is 23.0 Å². The molecule has 0 atom stereocenters. The average Bonchev–Trinajstić information content (AvgIpc) is 2.98. The van der Waals surface area contributed by atoms with Gasteiger partial charge >= 0.3 is 0 Å². The van der Waals surface area contributed by atoms with Gasteiger partial charge in [-0.2, -0.15) is 5.10 Å². The lowest BCUT2D eigenvalue weighted by atomic mass is 9.92. The maximum Gasteiger partial charge on any atom is 0.134 e. The van der Waals surface area contributed by atoms with Gasteiger partial charge in [0, 0.05) is 13.6 Å². The Balaban J connectivity index is 2.17. The lowest BCUT2D eigenvalue weighted by Gasteiger charge is -2.21. The second-order valence-electron chi connectivity index (χ2n) is 5.67. The molecule has 0 aliphatic heterocycles. The Morgan fingerprint density at radius 3 is 2.61 bits per heavy atom. The van der Waals surface area contributed by atoms with Crippen LogP contribution in [0.5, 0.6) is 0 Å². The summed E-state index contributed by atoms with van der Waals surface area (Å²) in [7, 11) is 1.92. The first-order valence-corrected chi connectivity index (χ1v) is 6.85.